The molecule has 1 heterocycles. The summed E-state index contributed by atoms with van der Waals surface area (Å²) in [4.78, 5) is 35.4. The molecule has 1 aromatic carbocycles. The van der Waals surface area contributed by atoms with Crippen LogP contribution in [0.4, 0.5) is 10.1 Å². The second-order valence-electron chi connectivity index (χ2n) is 6.78. The molecule has 2 amide bonds. The molecular formula is C19H21FN4O4. The number of nitrogens with zero attached hydrogens (tertiary/aromatic N) is 2. The van der Waals surface area contributed by atoms with Gasteiger partial charge in [0.1, 0.15) is 12.4 Å². The normalized spacial score (nSPS) is 14.5. The monoisotopic (exact) mass is 388 g/mol. The van der Waals surface area contributed by atoms with Crippen LogP contribution in [-0.4, -0.2) is 38.7 Å². The Morgan fingerprint density at radius 2 is 1.93 bits per heavy atom. The van der Waals surface area contributed by atoms with E-state index in [4.69, 9.17) is 5.11 Å². The van der Waals surface area contributed by atoms with Crippen molar-refractivity contribution in [3.63, 3.8) is 0 Å². The Hall–Kier alpha value is -3.23. The molecule has 148 valence electrons. The maximum Gasteiger partial charge on any atom is 0.335 e. The maximum atomic E-state index is 13.8. The van der Waals surface area contributed by atoms with Gasteiger partial charge in [-0.05, 0) is 31.0 Å². The van der Waals surface area contributed by atoms with Gasteiger partial charge >= 0.3 is 5.97 Å². The summed E-state index contributed by atoms with van der Waals surface area (Å²) in [7, 11) is 0. The highest BCUT2D eigenvalue weighted by Gasteiger charge is 2.17. The largest absolute Gasteiger partial charge is 0.478 e. The van der Waals surface area contributed by atoms with Gasteiger partial charge in [0, 0.05) is 12.2 Å². The van der Waals surface area contributed by atoms with E-state index in [0.29, 0.717) is 0 Å². The number of rotatable bonds is 6. The maximum absolute atomic E-state index is 13.8. The Labute approximate surface area is 160 Å². The standard InChI is InChI=1S/C19H21FN4O4/c20-15-7-6-12(19(27)28)8-16(15)23-18(26)13-9-21-24(10-13)11-17(25)22-14-4-2-1-3-5-14/h6-10,14H,1-5,11H2,(H,22,25)(H,23,26)(H,27,28). The lowest BCUT2D eigenvalue weighted by molar-refractivity contribution is -0.122. The molecule has 1 aliphatic rings. The van der Waals surface area contributed by atoms with Crippen LogP contribution in [0.2, 0.25) is 0 Å². The Morgan fingerprint density at radius 3 is 2.64 bits per heavy atom. The predicted molar refractivity (Wildman–Crippen MR) is 98.6 cm³/mol. The van der Waals surface area contributed by atoms with Gasteiger partial charge < -0.3 is 15.7 Å². The molecule has 3 N–H and O–H groups in total. The number of hydrogen-bond donors (Lipinski definition) is 3. The van der Waals surface area contributed by atoms with Gasteiger partial charge in [0.05, 0.1) is 23.0 Å². The highest BCUT2D eigenvalue weighted by molar-refractivity contribution is 6.04. The molecule has 0 spiro atoms. The van der Waals surface area contributed by atoms with Crippen molar-refractivity contribution in [2.45, 2.75) is 44.7 Å². The fourth-order valence-corrected chi connectivity index (χ4v) is 3.18. The number of anilines is 1. The minimum absolute atomic E-state index is 0.0212. The number of hydrogen-bond acceptors (Lipinski definition) is 4. The van der Waals surface area contributed by atoms with E-state index in [1.165, 1.54) is 23.5 Å². The molecule has 0 bridgehead atoms. The number of carboxylic acid groups (broad SMARTS) is 1. The van der Waals surface area contributed by atoms with Crippen molar-refractivity contribution in [2.75, 3.05) is 5.32 Å². The van der Waals surface area contributed by atoms with Crippen LogP contribution < -0.4 is 10.6 Å². The molecule has 1 saturated carbocycles. The average Bonchev–Trinajstić information content (AvgIpc) is 3.12. The number of carbonyl (C=O) groups excluding carboxylic acids is 2. The SMILES string of the molecule is O=C(Cn1cc(C(=O)Nc2cc(C(=O)O)ccc2F)cn1)NC1CCCCC1. The molecule has 0 unspecified atom stereocenters. The number of nitrogens with one attached hydrogen (secondary N) is 2. The van der Waals surface area contributed by atoms with Crippen molar-refractivity contribution in [3.8, 4) is 0 Å². The lowest BCUT2D eigenvalue weighted by Crippen LogP contribution is -2.38. The highest BCUT2D eigenvalue weighted by atomic mass is 19.1. The van der Waals surface area contributed by atoms with Crippen LogP contribution in [0.15, 0.2) is 30.6 Å². The van der Waals surface area contributed by atoms with Gasteiger partial charge in [-0.15, -0.1) is 0 Å². The van der Waals surface area contributed by atoms with Crippen LogP contribution in [-0.2, 0) is 11.3 Å². The van der Waals surface area contributed by atoms with Crippen molar-refractivity contribution < 1.29 is 23.9 Å². The minimum Gasteiger partial charge on any atom is -0.478 e. The summed E-state index contributed by atoms with van der Waals surface area (Å²) in [5.41, 5.74) is -0.259. The predicted octanol–water partition coefficient (Wildman–Crippen LogP) is 2.42. The minimum atomic E-state index is -1.23. The van der Waals surface area contributed by atoms with Crippen LogP contribution in [0.25, 0.3) is 0 Å². The van der Waals surface area contributed by atoms with Crippen LogP contribution in [0.5, 0.6) is 0 Å². The first-order chi connectivity index (χ1) is 13.4. The van der Waals surface area contributed by atoms with Crippen molar-refractivity contribution in [1.82, 2.24) is 15.1 Å². The average molecular weight is 388 g/mol. The first-order valence-electron chi connectivity index (χ1n) is 9.08. The van der Waals surface area contributed by atoms with Gasteiger partial charge in [0.25, 0.3) is 5.91 Å². The summed E-state index contributed by atoms with van der Waals surface area (Å²) >= 11 is 0. The van der Waals surface area contributed by atoms with Crippen LogP contribution in [0.1, 0.15) is 52.8 Å². The zero-order valence-corrected chi connectivity index (χ0v) is 15.2. The van der Waals surface area contributed by atoms with Gasteiger partial charge in [-0.2, -0.15) is 5.10 Å². The van der Waals surface area contributed by atoms with Crippen molar-refractivity contribution in [1.29, 1.82) is 0 Å². The molecule has 2 aromatic rings. The van der Waals surface area contributed by atoms with E-state index in [9.17, 15) is 18.8 Å². The lowest BCUT2D eigenvalue weighted by Gasteiger charge is -2.22. The van der Waals surface area contributed by atoms with E-state index < -0.39 is 17.7 Å². The van der Waals surface area contributed by atoms with E-state index in [0.717, 1.165) is 43.9 Å². The summed E-state index contributed by atoms with van der Waals surface area (Å²) < 4.78 is 15.2. The van der Waals surface area contributed by atoms with E-state index in [1.54, 1.807) is 0 Å². The topological polar surface area (TPSA) is 113 Å². The first kappa shape index (κ1) is 19.5. The second kappa shape index (κ2) is 8.64. The number of amides is 2. The zero-order chi connectivity index (χ0) is 20.1. The molecule has 28 heavy (non-hydrogen) atoms. The number of halogens is 1. The molecule has 1 aromatic heterocycles. The van der Waals surface area contributed by atoms with Crippen LogP contribution in [0, 0.1) is 5.82 Å². The van der Waals surface area contributed by atoms with Gasteiger partial charge in [0.2, 0.25) is 5.91 Å². The van der Waals surface area contributed by atoms with E-state index >= 15 is 0 Å². The van der Waals surface area contributed by atoms with Crippen molar-refractivity contribution in [3.05, 3.63) is 47.5 Å². The quantitative estimate of drug-likeness (QED) is 0.703. The van der Waals surface area contributed by atoms with Gasteiger partial charge in [0.15, 0.2) is 0 Å². The van der Waals surface area contributed by atoms with E-state index in [-0.39, 0.29) is 35.3 Å². The van der Waals surface area contributed by atoms with Gasteiger partial charge in [-0.3, -0.25) is 14.3 Å². The molecular weight excluding hydrogens is 367 g/mol. The molecule has 1 fully saturated rings. The summed E-state index contributed by atoms with van der Waals surface area (Å²) in [6.07, 6.45) is 8.00. The lowest BCUT2D eigenvalue weighted by atomic mass is 9.95. The number of carboxylic acids is 1. The summed E-state index contributed by atoms with van der Waals surface area (Å²) in [5, 5.41) is 18.2. The fraction of sp³-hybridized carbons (Fsp3) is 0.368. The Kier molecular flexibility index (Phi) is 6.03. The molecule has 0 aliphatic heterocycles. The molecule has 0 saturated heterocycles. The molecule has 0 atom stereocenters. The van der Waals surface area contributed by atoms with E-state index in [2.05, 4.69) is 15.7 Å². The van der Waals surface area contributed by atoms with Crippen LogP contribution >= 0.6 is 0 Å². The molecule has 3 rings (SSSR count). The third-order valence-electron chi connectivity index (χ3n) is 4.63. The highest BCUT2D eigenvalue weighted by Crippen LogP contribution is 2.18. The first-order valence-corrected chi connectivity index (χ1v) is 9.08. The molecule has 1 aliphatic carbocycles. The third-order valence-corrected chi connectivity index (χ3v) is 4.63. The van der Waals surface area contributed by atoms with Gasteiger partial charge in [-0.1, -0.05) is 19.3 Å². The Balaban J connectivity index is 1.60. The second-order valence-corrected chi connectivity index (χ2v) is 6.78. The molecule has 0 radical (unpaired) electrons. The van der Waals surface area contributed by atoms with Crippen molar-refractivity contribution >= 4 is 23.5 Å². The number of carbonyl (C=O) groups is 3. The summed E-state index contributed by atoms with van der Waals surface area (Å²) in [6.45, 7) is -0.0212. The smallest absolute Gasteiger partial charge is 0.335 e. The number of benzene rings is 1. The Bertz CT molecular complexity index is 890. The van der Waals surface area contributed by atoms with E-state index in [1.807, 2.05) is 0 Å². The summed E-state index contributed by atoms with van der Waals surface area (Å²) in [5.74, 6) is -2.81. The number of aromatic carboxylic acids is 1. The summed E-state index contributed by atoms with van der Waals surface area (Å²) in [6, 6.07) is 3.30. The fourth-order valence-electron chi connectivity index (χ4n) is 3.18. The molecule has 9 heteroatoms. The zero-order valence-electron chi connectivity index (χ0n) is 15.2. The Morgan fingerprint density at radius 1 is 1.18 bits per heavy atom. The van der Waals surface area contributed by atoms with Gasteiger partial charge in [-0.25, -0.2) is 9.18 Å². The molecule has 8 nitrogen and oxygen atoms in total. The third kappa shape index (κ3) is 4.93. The van der Waals surface area contributed by atoms with Crippen LogP contribution in [0.3, 0.4) is 0 Å². The van der Waals surface area contributed by atoms with Crippen molar-refractivity contribution in [2.24, 2.45) is 0 Å². The number of aromatic nitrogens is 2.